The first kappa shape index (κ1) is 22.3. The standard InChI is InChI=1S/C28H34FN3O/c1-19-16-25(19)23-17-22-6-5-20(2)30-28(22)26(18-23)32-14-12-31(13-15-32)11-3-4-27(33)21-7-9-24(29)10-8-21/h5-10,17-19,25,27,33H,3-4,11-16H2,1-2H3/t19?,25-,27?/m0/s1. The van der Waals surface area contributed by atoms with Gasteiger partial charge in [-0.05, 0) is 86.0 Å². The number of aliphatic hydroxyl groups is 1. The van der Waals surface area contributed by atoms with Crippen molar-refractivity contribution in [3.63, 3.8) is 0 Å². The van der Waals surface area contributed by atoms with Gasteiger partial charge >= 0.3 is 0 Å². The predicted octanol–water partition coefficient (Wildman–Crippen LogP) is 5.44. The third-order valence-corrected chi connectivity index (χ3v) is 7.39. The Morgan fingerprint density at radius 2 is 1.79 bits per heavy atom. The summed E-state index contributed by atoms with van der Waals surface area (Å²) in [5.74, 6) is 1.22. The van der Waals surface area contributed by atoms with Crippen molar-refractivity contribution >= 4 is 16.6 Å². The molecular formula is C28H34FN3O. The van der Waals surface area contributed by atoms with Gasteiger partial charge in [-0.2, -0.15) is 0 Å². The molecule has 1 saturated heterocycles. The maximum absolute atomic E-state index is 13.1. The van der Waals surface area contributed by atoms with Crippen LogP contribution in [0.25, 0.3) is 10.9 Å². The number of hydrogen-bond acceptors (Lipinski definition) is 4. The minimum absolute atomic E-state index is 0.265. The molecule has 3 aromatic rings. The lowest BCUT2D eigenvalue weighted by atomic mass is 10.0. The third kappa shape index (κ3) is 5.04. The van der Waals surface area contributed by atoms with Gasteiger partial charge in [-0.3, -0.25) is 9.88 Å². The van der Waals surface area contributed by atoms with Gasteiger partial charge in [0.2, 0.25) is 0 Å². The summed E-state index contributed by atoms with van der Waals surface area (Å²) < 4.78 is 13.1. The van der Waals surface area contributed by atoms with Crippen molar-refractivity contribution in [2.75, 3.05) is 37.6 Å². The van der Waals surface area contributed by atoms with Gasteiger partial charge in [0.15, 0.2) is 0 Å². The molecule has 1 N–H and O–H groups in total. The van der Waals surface area contributed by atoms with Crippen molar-refractivity contribution in [2.45, 2.75) is 45.1 Å². The molecule has 0 bridgehead atoms. The molecule has 2 fully saturated rings. The lowest BCUT2D eigenvalue weighted by Gasteiger charge is -2.36. The molecule has 2 heterocycles. The van der Waals surface area contributed by atoms with E-state index in [1.807, 2.05) is 0 Å². The number of rotatable bonds is 7. The van der Waals surface area contributed by atoms with Crippen LogP contribution in [-0.2, 0) is 0 Å². The van der Waals surface area contributed by atoms with E-state index in [4.69, 9.17) is 4.98 Å². The highest BCUT2D eigenvalue weighted by Crippen LogP contribution is 2.48. The summed E-state index contributed by atoms with van der Waals surface area (Å²) >= 11 is 0. The van der Waals surface area contributed by atoms with Gasteiger partial charge in [0, 0.05) is 37.3 Å². The van der Waals surface area contributed by atoms with Gasteiger partial charge in [-0.25, -0.2) is 4.39 Å². The van der Waals surface area contributed by atoms with E-state index in [1.54, 1.807) is 12.1 Å². The van der Waals surface area contributed by atoms with Crippen molar-refractivity contribution in [3.8, 4) is 0 Å². The Balaban J connectivity index is 1.20. The largest absolute Gasteiger partial charge is 0.388 e. The molecular weight excluding hydrogens is 413 g/mol. The van der Waals surface area contributed by atoms with Gasteiger partial charge < -0.3 is 10.0 Å². The van der Waals surface area contributed by atoms with E-state index in [1.165, 1.54) is 35.2 Å². The number of aromatic nitrogens is 1. The highest BCUT2D eigenvalue weighted by molar-refractivity contribution is 5.92. The highest BCUT2D eigenvalue weighted by Gasteiger charge is 2.35. The Morgan fingerprint density at radius 1 is 1.06 bits per heavy atom. The number of nitrogens with zero attached hydrogens (tertiary/aromatic N) is 3. The number of fused-ring (bicyclic) bond motifs is 1. The second kappa shape index (κ2) is 9.40. The Hall–Kier alpha value is -2.50. The van der Waals surface area contributed by atoms with Crippen molar-refractivity contribution in [1.82, 2.24) is 9.88 Å². The lowest BCUT2D eigenvalue weighted by molar-refractivity contribution is 0.154. The van der Waals surface area contributed by atoms with E-state index in [-0.39, 0.29) is 5.82 Å². The van der Waals surface area contributed by atoms with E-state index in [2.05, 4.69) is 47.9 Å². The fourth-order valence-corrected chi connectivity index (χ4v) is 5.15. The van der Waals surface area contributed by atoms with Crippen LogP contribution in [0.3, 0.4) is 0 Å². The number of aryl methyl sites for hydroxylation is 1. The fraction of sp³-hybridized carbons (Fsp3) is 0.464. The molecule has 2 aliphatic rings. The second-order valence-electron chi connectivity index (χ2n) is 9.92. The highest BCUT2D eigenvalue weighted by atomic mass is 19.1. The van der Waals surface area contributed by atoms with E-state index < -0.39 is 6.10 Å². The molecule has 1 aliphatic carbocycles. The SMILES string of the molecule is Cc1ccc2cc([C@H]3CC3C)cc(N3CCN(CCCC(O)c4ccc(F)cc4)CC3)c2n1. The van der Waals surface area contributed by atoms with E-state index >= 15 is 0 Å². The normalized spacial score (nSPS) is 22.0. The van der Waals surface area contributed by atoms with Crippen LogP contribution < -0.4 is 4.90 Å². The summed E-state index contributed by atoms with van der Waals surface area (Å²) in [6, 6.07) is 15.3. The molecule has 5 heteroatoms. The fourth-order valence-electron chi connectivity index (χ4n) is 5.15. The molecule has 1 saturated carbocycles. The van der Waals surface area contributed by atoms with Crippen molar-refractivity contribution in [1.29, 1.82) is 0 Å². The second-order valence-corrected chi connectivity index (χ2v) is 9.92. The Labute approximate surface area is 196 Å². The Bertz CT molecular complexity index is 1110. The molecule has 5 rings (SSSR count). The third-order valence-electron chi connectivity index (χ3n) is 7.39. The van der Waals surface area contributed by atoms with Crippen molar-refractivity contribution in [2.24, 2.45) is 5.92 Å². The minimum Gasteiger partial charge on any atom is -0.388 e. The van der Waals surface area contributed by atoms with Crippen LogP contribution >= 0.6 is 0 Å². The molecule has 1 aromatic heterocycles. The first-order valence-electron chi connectivity index (χ1n) is 12.3. The summed E-state index contributed by atoms with van der Waals surface area (Å²) in [6.07, 6.45) is 2.39. The number of halogens is 1. The summed E-state index contributed by atoms with van der Waals surface area (Å²) in [5, 5.41) is 11.6. The minimum atomic E-state index is -0.528. The van der Waals surface area contributed by atoms with Crippen LogP contribution in [0.4, 0.5) is 10.1 Å². The topological polar surface area (TPSA) is 39.6 Å². The zero-order valence-corrected chi connectivity index (χ0v) is 19.7. The summed E-state index contributed by atoms with van der Waals surface area (Å²) in [6.45, 7) is 9.41. The smallest absolute Gasteiger partial charge is 0.123 e. The van der Waals surface area contributed by atoms with E-state index in [0.717, 1.165) is 61.8 Å². The van der Waals surface area contributed by atoms with Crippen LogP contribution in [-0.4, -0.2) is 47.7 Å². The van der Waals surface area contributed by atoms with E-state index in [9.17, 15) is 9.50 Å². The number of hydrogen-bond donors (Lipinski definition) is 1. The van der Waals surface area contributed by atoms with Gasteiger partial charge in [0.05, 0.1) is 17.3 Å². The van der Waals surface area contributed by atoms with Gasteiger partial charge in [0.1, 0.15) is 5.82 Å². The summed E-state index contributed by atoms with van der Waals surface area (Å²) in [4.78, 5) is 9.90. The number of aliphatic hydroxyl groups excluding tert-OH is 1. The van der Waals surface area contributed by atoms with Crippen molar-refractivity contribution in [3.05, 3.63) is 71.2 Å². The molecule has 4 nitrogen and oxygen atoms in total. The lowest BCUT2D eigenvalue weighted by Crippen LogP contribution is -2.46. The van der Waals surface area contributed by atoms with Gasteiger partial charge in [0.25, 0.3) is 0 Å². The van der Waals surface area contributed by atoms with Crippen LogP contribution in [0.15, 0.2) is 48.5 Å². The predicted molar refractivity (Wildman–Crippen MR) is 132 cm³/mol. The molecule has 0 amide bonds. The van der Waals surface area contributed by atoms with E-state index in [0.29, 0.717) is 12.3 Å². The Morgan fingerprint density at radius 3 is 2.48 bits per heavy atom. The zero-order valence-electron chi connectivity index (χ0n) is 19.7. The number of piperazine rings is 1. The van der Waals surface area contributed by atoms with Gasteiger partial charge in [-0.1, -0.05) is 25.1 Å². The average molecular weight is 448 g/mol. The summed E-state index contributed by atoms with van der Waals surface area (Å²) in [7, 11) is 0. The monoisotopic (exact) mass is 447 g/mol. The molecule has 33 heavy (non-hydrogen) atoms. The van der Waals surface area contributed by atoms with Crippen LogP contribution in [0.1, 0.15) is 55.0 Å². The molecule has 174 valence electrons. The number of benzene rings is 2. The summed E-state index contributed by atoms with van der Waals surface area (Å²) in [5.41, 5.74) is 5.74. The maximum Gasteiger partial charge on any atom is 0.123 e. The Kier molecular flexibility index (Phi) is 6.35. The van der Waals surface area contributed by atoms with Crippen molar-refractivity contribution < 1.29 is 9.50 Å². The maximum atomic E-state index is 13.1. The van der Waals surface area contributed by atoms with Crippen LogP contribution in [0, 0.1) is 18.7 Å². The van der Waals surface area contributed by atoms with Gasteiger partial charge in [-0.15, -0.1) is 0 Å². The molecule has 0 spiro atoms. The molecule has 0 radical (unpaired) electrons. The number of pyridine rings is 1. The number of anilines is 1. The van der Waals surface area contributed by atoms with Crippen LogP contribution in [0.5, 0.6) is 0 Å². The zero-order chi connectivity index (χ0) is 22.9. The molecule has 2 aromatic carbocycles. The quantitative estimate of drug-likeness (QED) is 0.523. The first-order valence-corrected chi connectivity index (χ1v) is 12.3. The van der Waals surface area contributed by atoms with Crippen LogP contribution in [0.2, 0.25) is 0 Å². The average Bonchev–Trinajstić information content (AvgIpc) is 3.56. The first-order chi connectivity index (χ1) is 16.0. The molecule has 2 unspecified atom stereocenters. The molecule has 3 atom stereocenters. The molecule has 1 aliphatic heterocycles.